The van der Waals surface area contributed by atoms with Crippen LogP contribution in [0, 0.1) is 5.82 Å². The Hall–Kier alpha value is -1.49. The number of rotatable bonds is 6. The van der Waals surface area contributed by atoms with Crippen molar-refractivity contribution < 1.29 is 14.3 Å². The molecule has 1 heterocycles. The smallest absolute Gasteiger partial charge is 0.257 e. The quantitative estimate of drug-likeness (QED) is 0.842. The molecule has 1 aromatic heterocycles. The van der Waals surface area contributed by atoms with E-state index in [4.69, 9.17) is 5.11 Å². The van der Waals surface area contributed by atoms with Gasteiger partial charge in [-0.15, -0.1) is 0 Å². The minimum atomic E-state index is -0.628. The minimum absolute atomic E-state index is 0.00495. The fraction of sp³-hybridized carbons (Fsp3) is 0.538. The molecule has 0 bridgehead atoms. The van der Waals surface area contributed by atoms with Gasteiger partial charge < -0.3 is 10.0 Å². The van der Waals surface area contributed by atoms with Gasteiger partial charge in [0.2, 0.25) is 0 Å². The molecule has 0 aliphatic rings. The van der Waals surface area contributed by atoms with Gasteiger partial charge in [-0.2, -0.15) is 0 Å². The monoisotopic (exact) mass is 254 g/mol. The summed E-state index contributed by atoms with van der Waals surface area (Å²) in [5, 5.41) is 9.04. The summed E-state index contributed by atoms with van der Waals surface area (Å²) >= 11 is 0. The number of hydrogen-bond acceptors (Lipinski definition) is 3. The van der Waals surface area contributed by atoms with Gasteiger partial charge in [0.1, 0.15) is 0 Å². The summed E-state index contributed by atoms with van der Waals surface area (Å²) in [6, 6.07) is 1.38. The highest BCUT2D eigenvalue weighted by Gasteiger charge is 2.23. The van der Waals surface area contributed by atoms with Gasteiger partial charge in [-0.3, -0.25) is 9.78 Å². The number of carbonyl (C=O) groups excluding carboxylic acids is 1. The van der Waals surface area contributed by atoms with Gasteiger partial charge in [0.15, 0.2) is 5.82 Å². The van der Waals surface area contributed by atoms with Crippen molar-refractivity contribution in [3.05, 3.63) is 29.8 Å². The Morgan fingerprint density at radius 2 is 2.17 bits per heavy atom. The Bertz CT molecular complexity index is 394. The van der Waals surface area contributed by atoms with E-state index in [1.54, 1.807) is 0 Å². The highest BCUT2D eigenvalue weighted by Crippen LogP contribution is 2.15. The maximum absolute atomic E-state index is 13.5. The van der Waals surface area contributed by atoms with Crippen LogP contribution in [0.1, 0.15) is 37.0 Å². The lowest BCUT2D eigenvalue weighted by atomic mass is 10.1. The normalized spacial score (nSPS) is 10.7. The van der Waals surface area contributed by atoms with Crippen molar-refractivity contribution >= 4 is 5.91 Å². The summed E-state index contributed by atoms with van der Waals surface area (Å²) in [5.41, 5.74) is 0.00495. The van der Waals surface area contributed by atoms with Crippen LogP contribution in [0.5, 0.6) is 0 Å². The molecule has 0 radical (unpaired) electrons. The van der Waals surface area contributed by atoms with Crippen LogP contribution in [0.2, 0.25) is 0 Å². The Kier molecular flexibility index (Phi) is 5.71. The standard InChI is InChI=1S/C13H19FN2O2/c1-3-10(4-2)16(7-8-17)13(18)11-5-6-15-9-12(11)14/h5-6,9-10,17H,3-4,7-8H2,1-2H3. The number of pyridine rings is 1. The molecule has 0 aliphatic carbocycles. The molecule has 0 unspecified atom stereocenters. The first-order valence-corrected chi connectivity index (χ1v) is 6.17. The van der Waals surface area contributed by atoms with E-state index in [0.717, 1.165) is 19.0 Å². The Labute approximate surface area is 106 Å². The van der Waals surface area contributed by atoms with Crippen LogP contribution in [-0.4, -0.2) is 40.1 Å². The van der Waals surface area contributed by atoms with E-state index in [2.05, 4.69) is 4.98 Å². The molecule has 0 aromatic carbocycles. The molecule has 1 N–H and O–H groups in total. The number of hydrogen-bond donors (Lipinski definition) is 1. The lowest BCUT2D eigenvalue weighted by Crippen LogP contribution is -2.42. The number of halogens is 1. The maximum atomic E-state index is 13.5. The van der Waals surface area contributed by atoms with Crippen LogP contribution >= 0.6 is 0 Å². The molecule has 0 aliphatic heterocycles. The second-order valence-electron chi connectivity index (χ2n) is 4.05. The molecule has 0 fully saturated rings. The van der Waals surface area contributed by atoms with Crippen molar-refractivity contribution in [2.24, 2.45) is 0 Å². The average molecular weight is 254 g/mol. The van der Waals surface area contributed by atoms with Crippen molar-refractivity contribution in [1.29, 1.82) is 0 Å². The zero-order valence-electron chi connectivity index (χ0n) is 10.8. The highest BCUT2D eigenvalue weighted by molar-refractivity contribution is 5.94. The third kappa shape index (κ3) is 3.26. The maximum Gasteiger partial charge on any atom is 0.257 e. The molecule has 0 saturated heterocycles. The zero-order chi connectivity index (χ0) is 13.5. The molecule has 0 spiro atoms. The molecule has 1 amide bonds. The molecule has 1 rings (SSSR count). The number of nitrogens with zero attached hydrogens (tertiary/aromatic N) is 2. The summed E-state index contributed by atoms with van der Waals surface area (Å²) in [4.78, 5) is 17.4. The summed E-state index contributed by atoms with van der Waals surface area (Å²) in [7, 11) is 0. The third-order valence-electron chi connectivity index (χ3n) is 2.99. The van der Waals surface area contributed by atoms with Crippen LogP contribution in [0.25, 0.3) is 0 Å². The first kappa shape index (κ1) is 14.6. The van der Waals surface area contributed by atoms with Crippen molar-refractivity contribution in [1.82, 2.24) is 9.88 Å². The SMILES string of the molecule is CCC(CC)N(CCO)C(=O)c1ccncc1F. The third-order valence-corrected chi connectivity index (χ3v) is 2.99. The second-order valence-corrected chi connectivity index (χ2v) is 4.05. The van der Waals surface area contributed by atoms with Crippen molar-refractivity contribution in [2.45, 2.75) is 32.7 Å². The largest absolute Gasteiger partial charge is 0.395 e. The van der Waals surface area contributed by atoms with Crippen LogP contribution in [0.4, 0.5) is 4.39 Å². The van der Waals surface area contributed by atoms with E-state index in [1.165, 1.54) is 17.2 Å². The van der Waals surface area contributed by atoms with Crippen LogP contribution in [0.15, 0.2) is 18.5 Å². The minimum Gasteiger partial charge on any atom is -0.395 e. The summed E-state index contributed by atoms with van der Waals surface area (Å²) in [6.07, 6.45) is 3.96. The number of aromatic nitrogens is 1. The lowest BCUT2D eigenvalue weighted by molar-refractivity contribution is 0.0617. The number of amides is 1. The molecular formula is C13H19FN2O2. The molecule has 18 heavy (non-hydrogen) atoms. The van der Waals surface area contributed by atoms with E-state index >= 15 is 0 Å². The summed E-state index contributed by atoms with van der Waals surface area (Å²) in [6.45, 7) is 4.02. The van der Waals surface area contributed by atoms with E-state index in [-0.39, 0.29) is 24.8 Å². The molecule has 0 saturated carbocycles. The van der Waals surface area contributed by atoms with Crippen molar-refractivity contribution in [3.63, 3.8) is 0 Å². The number of aliphatic hydroxyl groups is 1. The van der Waals surface area contributed by atoms with Gasteiger partial charge in [0.05, 0.1) is 18.4 Å². The molecule has 100 valence electrons. The van der Waals surface area contributed by atoms with Crippen LogP contribution < -0.4 is 0 Å². The number of carbonyl (C=O) groups is 1. The van der Waals surface area contributed by atoms with Gasteiger partial charge in [-0.1, -0.05) is 13.8 Å². The fourth-order valence-electron chi connectivity index (χ4n) is 1.99. The van der Waals surface area contributed by atoms with Gasteiger partial charge in [-0.25, -0.2) is 4.39 Å². The van der Waals surface area contributed by atoms with Crippen LogP contribution in [-0.2, 0) is 0 Å². The zero-order valence-corrected chi connectivity index (χ0v) is 10.8. The molecule has 4 nitrogen and oxygen atoms in total. The Balaban J connectivity index is 2.99. The fourth-order valence-corrected chi connectivity index (χ4v) is 1.99. The molecule has 0 atom stereocenters. The Morgan fingerprint density at radius 1 is 1.50 bits per heavy atom. The van der Waals surface area contributed by atoms with E-state index in [9.17, 15) is 9.18 Å². The average Bonchev–Trinajstić information content (AvgIpc) is 2.39. The molecule has 5 heteroatoms. The second kappa shape index (κ2) is 7.06. The first-order valence-electron chi connectivity index (χ1n) is 6.17. The highest BCUT2D eigenvalue weighted by atomic mass is 19.1. The molecule has 1 aromatic rings. The lowest BCUT2D eigenvalue weighted by Gasteiger charge is -2.30. The first-order chi connectivity index (χ1) is 8.65. The molecular weight excluding hydrogens is 235 g/mol. The topological polar surface area (TPSA) is 53.4 Å². The van der Waals surface area contributed by atoms with Gasteiger partial charge in [0, 0.05) is 18.8 Å². The predicted molar refractivity (Wildman–Crippen MR) is 66.7 cm³/mol. The Morgan fingerprint density at radius 3 is 2.67 bits per heavy atom. The van der Waals surface area contributed by atoms with Gasteiger partial charge in [0.25, 0.3) is 5.91 Å². The van der Waals surface area contributed by atoms with Gasteiger partial charge in [-0.05, 0) is 18.9 Å². The summed E-state index contributed by atoms with van der Waals surface area (Å²) < 4.78 is 13.5. The van der Waals surface area contributed by atoms with Gasteiger partial charge >= 0.3 is 0 Å². The van der Waals surface area contributed by atoms with E-state index in [0.29, 0.717) is 0 Å². The number of aliphatic hydroxyl groups excluding tert-OH is 1. The van der Waals surface area contributed by atoms with E-state index in [1.807, 2.05) is 13.8 Å². The summed E-state index contributed by atoms with van der Waals surface area (Å²) in [5.74, 6) is -1.02. The van der Waals surface area contributed by atoms with Crippen molar-refractivity contribution in [3.8, 4) is 0 Å². The van der Waals surface area contributed by atoms with Crippen LogP contribution in [0.3, 0.4) is 0 Å². The van der Waals surface area contributed by atoms with E-state index < -0.39 is 11.7 Å². The van der Waals surface area contributed by atoms with Crippen molar-refractivity contribution in [2.75, 3.05) is 13.2 Å². The predicted octanol–water partition coefficient (Wildman–Crippen LogP) is 1.84.